The first-order chi connectivity index (χ1) is 10.3. The Morgan fingerprint density at radius 2 is 1.82 bits per heavy atom. The van der Waals surface area contributed by atoms with Crippen molar-refractivity contribution >= 4 is 23.4 Å². The lowest BCUT2D eigenvalue weighted by atomic mass is 9.97. The zero-order valence-corrected chi connectivity index (χ0v) is 14.5. The zero-order valence-electron chi connectivity index (χ0n) is 13.7. The van der Waals surface area contributed by atoms with E-state index in [1.54, 1.807) is 13.0 Å². The van der Waals surface area contributed by atoms with E-state index in [4.69, 9.17) is 21.1 Å². The topological polar surface area (TPSA) is 52.6 Å². The van der Waals surface area contributed by atoms with Crippen LogP contribution in [0.4, 0.5) is 0 Å². The van der Waals surface area contributed by atoms with E-state index < -0.39 is 11.8 Å². The van der Waals surface area contributed by atoms with Crippen LogP contribution in [0.5, 0.6) is 5.75 Å². The minimum absolute atomic E-state index is 0.106. The summed E-state index contributed by atoms with van der Waals surface area (Å²) in [6.45, 7) is 10.2. The normalized spacial score (nSPS) is 10.9. The van der Waals surface area contributed by atoms with E-state index >= 15 is 0 Å². The molecule has 0 aliphatic carbocycles. The number of ketones is 1. The number of ether oxygens (including phenoxy) is 2. The Morgan fingerprint density at radius 3 is 2.32 bits per heavy atom. The van der Waals surface area contributed by atoms with Gasteiger partial charge < -0.3 is 9.47 Å². The summed E-state index contributed by atoms with van der Waals surface area (Å²) in [5.41, 5.74) is 0.969. The molecule has 122 valence electrons. The summed E-state index contributed by atoms with van der Waals surface area (Å²) in [5, 5.41) is 0.397. The molecular formula is C17H23ClO4. The lowest BCUT2D eigenvalue weighted by Gasteiger charge is -2.19. The van der Waals surface area contributed by atoms with Gasteiger partial charge in [-0.05, 0) is 36.5 Å². The smallest absolute Gasteiger partial charge is 0.379 e. The maximum absolute atomic E-state index is 12.3. The van der Waals surface area contributed by atoms with E-state index in [-0.39, 0.29) is 18.1 Å². The molecule has 1 rings (SSSR count). The van der Waals surface area contributed by atoms with Gasteiger partial charge in [-0.15, -0.1) is 0 Å². The Hall–Kier alpha value is -1.55. The SMILES string of the molecule is CCOC(=O)C(=O)c1cc(Cl)cc(C(C)C)c1OCC(C)C. The number of Topliss-reactive ketones (excluding diaryl/α,β-unsaturated/α-hetero) is 1. The van der Waals surface area contributed by atoms with E-state index in [2.05, 4.69) is 0 Å². The van der Waals surface area contributed by atoms with Crippen molar-refractivity contribution in [2.24, 2.45) is 5.92 Å². The van der Waals surface area contributed by atoms with Crippen molar-refractivity contribution in [2.45, 2.75) is 40.5 Å². The van der Waals surface area contributed by atoms with Gasteiger partial charge in [-0.3, -0.25) is 4.79 Å². The van der Waals surface area contributed by atoms with E-state index in [0.717, 1.165) is 5.56 Å². The maximum Gasteiger partial charge on any atom is 0.379 e. The number of benzene rings is 1. The number of esters is 1. The first kappa shape index (κ1) is 18.5. The van der Waals surface area contributed by atoms with Gasteiger partial charge in [0, 0.05) is 5.02 Å². The van der Waals surface area contributed by atoms with Crippen molar-refractivity contribution in [2.75, 3.05) is 13.2 Å². The summed E-state index contributed by atoms with van der Waals surface area (Å²) >= 11 is 6.09. The molecule has 0 heterocycles. The third-order valence-electron chi connectivity index (χ3n) is 2.97. The van der Waals surface area contributed by atoms with Crippen LogP contribution < -0.4 is 4.74 Å². The molecule has 0 aliphatic rings. The van der Waals surface area contributed by atoms with Crippen LogP contribution in [0.3, 0.4) is 0 Å². The molecule has 0 aromatic heterocycles. The largest absolute Gasteiger partial charge is 0.492 e. The highest BCUT2D eigenvalue weighted by Gasteiger charge is 2.25. The van der Waals surface area contributed by atoms with E-state index in [9.17, 15) is 9.59 Å². The average molecular weight is 327 g/mol. The molecule has 5 heteroatoms. The molecule has 4 nitrogen and oxygen atoms in total. The zero-order chi connectivity index (χ0) is 16.9. The average Bonchev–Trinajstić information content (AvgIpc) is 2.44. The number of hydrogen-bond donors (Lipinski definition) is 0. The monoisotopic (exact) mass is 326 g/mol. The van der Waals surface area contributed by atoms with Crippen molar-refractivity contribution in [1.29, 1.82) is 0 Å². The number of hydrogen-bond acceptors (Lipinski definition) is 4. The molecule has 0 saturated heterocycles. The molecule has 1 aromatic rings. The Balaban J connectivity index is 3.33. The number of carbonyl (C=O) groups excluding carboxylic acids is 2. The van der Waals surface area contributed by atoms with Gasteiger partial charge in [0.1, 0.15) is 5.75 Å². The Labute approximate surface area is 136 Å². The van der Waals surface area contributed by atoms with E-state index in [0.29, 0.717) is 23.3 Å². The summed E-state index contributed by atoms with van der Waals surface area (Å²) in [6, 6.07) is 3.23. The molecule has 0 saturated carbocycles. The molecule has 0 spiro atoms. The van der Waals surface area contributed by atoms with Gasteiger partial charge in [0.05, 0.1) is 18.8 Å². The fourth-order valence-electron chi connectivity index (χ4n) is 1.93. The maximum atomic E-state index is 12.3. The van der Waals surface area contributed by atoms with E-state index in [1.165, 1.54) is 6.07 Å². The summed E-state index contributed by atoms with van der Waals surface area (Å²) in [7, 11) is 0. The highest BCUT2D eigenvalue weighted by atomic mass is 35.5. The molecule has 22 heavy (non-hydrogen) atoms. The van der Waals surface area contributed by atoms with Crippen LogP contribution >= 0.6 is 11.6 Å². The second-order valence-electron chi connectivity index (χ2n) is 5.78. The van der Waals surface area contributed by atoms with Crippen molar-refractivity contribution in [1.82, 2.24) is 0 Å². The van der Waals surface area contributed by atoms with Crippen LogP contribution in [0.15, 0.2) is 12.1 Å². The second kappa shape index (κ2) is 8.18. The summed E-state index contributed by atoms with van der Waals surface area (Å²) in [5.74, 6) is -0.805. The van der Waals surface area contributed by atoms with Crippen LogP contribution in [-0.4, -0.2) is 25.0 Å². The van der Waals surface area contributed by atoms with Gasteiger partial charge in [0.25, 0.3) is 5.78 Å². The number of carbonyl (C=O) groups is 2. The number of rotatable bonds is 7. The van der Waals surface area contributed by atoms with Gasteiger partial charge in [-0.2, -0.15) is 0 Å². The summed E-state index contributed by atoms with van der Waals surface area (Å²) < 4.78 is 10.6. The van der Waals surface area contributed by atoms with Crippen LogP contribution in [0.25, 0.3) is 0 Å². The van der Waals surface area contributed by atoms with Crippen molar-refractivity contribution in [3.8, 4) is 5.75 Å². The molecule has 0 atom stereocenters. The van der Waals surface area contributed by atoms with Crippen molar-refractivity contribution in [3.05, 3.63) is 28.3 Å². The summed E-state index contributed by atoms with van der Waals surface area (Å²) in [4.78, 5) is 24.1. The van der Waals surface area contributed by atoms with E-state index in [1.807, 2.05) is 27.7 Å². The Morgan fingerprint density at radius 1 is 1.18 bits per heavy atom. The molecule has 0 fully saturated rings. The Kier molecular flexibility index (Phi) is 6.88. The van der Waals surface area contributed by atoms with Crippen LogP contribution in [0, 0.1) is 5.92 Å². The van der Waals surface area contributed by atoms with Crippen molar-refractivity contribution in [3.63, 3.8) is 0 Å². The van der Waals surface area contributed by atoms with Gasteiger partial charge >= 0.3 is 5.97 Å². The molecular weight excluding hydrogens is 304 g/mol. The fraction of sp³-hybridized carbons (Fsp3) is 0.529. The molecule has 0 bridgehead atoms. The molecule has 1 aromatic carbocycles. The predicted molar refractivity (Wildman–Crippen MR) is 86.8 cm³/mol. The molecule has 0 unspecified atom stereocenters. The lowest BCUT2D eigenvalue weighted by Crippen LogP contribution is -2.20. The predicted octanol–water partition coefficient (Wildman–Crippen LogP) is 4.24. The Bertz CT molecular complexity index is 550. The minimum Gasteiger partial charge on any atom is -0.492 e. The molecule has 0 N–H and O–H groups in total. The highest BCUT2D eigenvalue weighted by Crippen LogP contribution is 2.34. The van der Waals surface area contributed by atoms with Crippen molar-refractivity contribution < 1.29 is 19.1 Å². The third-order valence-corrected chi connectivity index (χ3v) is 3.19. The van der Waals surface area contributed by atoms with Gasteiger partial charge in [0.2, 0.25) is 0 Å². The van der Waals surface area contributed by atoms with Gasteiger partial charge in [0.15, 0.2) is 0 Å². The standard InChI is InChI=1S/C17H23ClO4/c1-6-21-17(20)15(19)14-8-12(18)7-13(11(4)5)16(14)22-9-10(2)3/h7-8,10-11H,6,9H2,1-5H3. The second-order valence-corrected chi connectivity index (χ2v) is 6.22. The van der Waals surface area contributed by atoms with Gasteiger partial charge in [-0.25, -0.2) is 4.79 Å². The number of halogens is 1. The quantitative estimate of drug-likeness (QED) is 0.427. The minimum atomic E-state index is -0.895. The third kappa shape index (κ3) is 4.73. The van der Waals surface area contributed by atoms with Crippen LogP contribution in [0.2, 0.25) is 5.02 Å². The molecule has 0 aliphatic heterocycles. The van der Waals surface area contributed by atoms with Gasteiger partial charge in [-0.1, -0.05) is 39.3 Å². The fourth-order valence-corrected chi connectivity index (χ4v) is 2.16. The molecule has 0 amide bonds. The molecule has 0 radical (unpaired) electrons. The lowest BCUT2D eigenvalue weighted by molar-refractivity contribution is -0.137. The highest BCUT2D eigenvalue weighted by molar-refractivity contribution is 6.42. The first-order valence-electron chi connectivity index (χ1n) is 7.45. The van der Waals surface area contributed by atoms with Crippen LogP contribution in [0.1, 0.15) is 56.5 Å². The van der Waals surface area contributed by atoms with Crippen LogP contribution in [-0.2, 0) is 9.53 Å². The summed E-state index contributed by atoms with van der Waals surface area (Å²) in [6.07, 6.45) is 0. The first-order valence-corrected chi connectivity index (χ1v) is 7.83.